The first-order chi connectivity index (χ1) is 17.7. The summed E-state index contributed by atoms with van der Waals surface area (Å²) in [6, 6.07) is 8.78. The number of likely N-dealkylation sites (tertiary alicyclic amines) is 1. The van der Waals surface area contributed by atoms with Crippen molar-refractivity contribution in [2.24, 2.45) is 0 Å². The summed E-state index contributed by atoms with van der Waals surface area (Å²) in [5.74, 6) is 0.957. The summed E-state index contributed by atoms with van der Waals surface area (Å²) in [6.07, 6.45) is 3.30. The van der Waals surface area contributed by atoms with E-state index in [2.05, 4.69) is 47.2 Å². The van der Waals surface area contributed by atoms with Gasteiger partial charge in [0.2, 0.25) is 5.91 Å². The van der Waals surface area contributed by atoms with Gasteiger partial charge in [0.1, 0.15) is 23.7 Å². The van der Waals surface area contributed by atoms with Crippen LogP contribution >= 0.6 is 0 Å². The standard InChI is InChI=1S/C26H30FN7O3/c1-26(2,3)34-15-19(14-30-34)31-23-6-9-29-25(32-23)17-4-5-21(18(12-17)13-28)37-22-7-10-33(16-20(22)27)24(36)8-11-35/h4-6,9,12,14-15,20,22,35H,7-8,10-11,16H2,1-3H3,(H,29,31,32)/t20-,22+/m1/s1. The van der Waals surface area contributed by atoms with Gasteiger partial charge in [-0.05, 0) is 45.0 Å². The van der Waals surface area contributed by atoms with Crippen molar-refractivity contribution in [2.45, 2.75) is 51.4 Å². The number of ether oxygens (including phenoxy) is 1. The third-order valence-corrected chi connectivity index (χ3v) is 5.99. The van der Waals surface area contributed by atoms with E-state index in [1.165, 1.54) is 4.90 Å². The average molecular weight is 508 g/mol. The van der Waals surface area contributed by atoms with Gasteiger partial charge >= 0.3 is 0 Å². The zero-order chi connectivity index (χ0) is 26.6. The molecule has 1 amide bonds. The fraction of sp³-hybridized carbons (Fsp3) is 0.423. The zero-order valence-electron chi connectivity index (χ0n) is 21.1. The van der Waals surface area contributed by atoms with Gasteiger partial charge in [0.05, 0.1) is 36.1 Å². The highest BCUT2D eigenvalue weighted by molar-refractivity contribution is 5.76. The molecule has 1 saturated heterocycles. The molecule has 0 saturated carbocycles. The molecule has 0 spiro atoms. The molecule has 0 bridgehead atoms. The number of nitrogens with zero attached hydrogens (tertiary/aromatic N) is 6. The lowest BCUT2D eigenvalue weighted by Gasteiger charge is -2.34. The summed E-state index contributed by atoms with van der Waals surface area (Å²) in [5, 5.41) is 26.2. The van der Waals surface area contributed by atoms with Gasteiger partial charge < -0.3 is 20.1 Å². The van der Waals surface area contributed by atoms with Crippen LogP contribution in [0, 0.1) is 11.3 Å². The van der Waals surface area contributed by atoms with Crippen molar-refractivity contribution in [1.29, 1.82) is 5.26 Å². The highest BCUT2D eigenvalue weighted by Gasteiger charge is 2.33. The summed E-state index contributed by atoms with van der Waals surface area (Å²) in [6.45, 7) is 6.13. The molecule has 1 aliphatic rings. The van der Waals surface area contributed by atoms with Crippen LogP contribution in [0.4, 0.5) is 15.9 Å². The first-order valence-corrected chi connectivity index (χ1v) is 12.1. The van der Waals surface area contributed by atoms with Crippen LogP contribution in [0.3, 0.4) is 0 Å². The van der Waals surface area contributed by atoms with Crippen molar-refractivity contribution < 1.29 is 19.0 Å². The molecule has 2 N–H and O–H groups in total. The lowest BCUT2D eigenvalue weighted by atomic mass is 10.0. The fourth-order valence-electron chi connectivity index (χ4n) is 3.99. The lowest BCUT2D eigenvalue weighted by molar-refractivity contribution is -0.135. The van der Waals surface area contributed by atoms with Gasteiger partial charge in [-0.15, -0.1) is 0 Å². The molecule has 0 radical (unpaired) electrons. The molecular formula is C26H30FN7O3. The van der Waals surface area contributed by atoms with Crippen molar-refractivity contribution in [3.63, 3.8) is 0 Å². The topological polar surface area (TPSA) is 129 Å². The number of rotatable bonds is 7. The van der Waals surface area contributed by atoms with Gasteiger partial charge in [-0.2, -0.15) is 10.4 Å². The first-order valence-electron chi connectivity index (χ1n) is 12.1. The molecule has 1 aromatic carbocycles. The number of aliphatic hydroxyl groups excluding tert-OH is 1. The van der Waals surface area contributed by atoms with Gasteiger partial charge in [-0.25, -0.2) is 14.4 Å². The number of nitrogens with one attached hydrogen (secondary N) is 1. The number of hydrogen-bond donors (Lipinski definition) is 2. The molecule has 3 aromatic rings. The van der Waals surface area contributed by atoms with Crippen molar-refractivity contribution in [2.75, 3.05) is 25.0 Å². The van der Waals surface area contributed by atoms with Crippen LogP contribution in [0.25, 0.3) is 11.4 Å². The van der Waals surface area contributed by atoms with Crippen LogP contribution in [0.15, 0.2) is 42.9 Å². The predicted molar refractivity (Wildman–Crippen MR) is 135 cm³/mol. The second-order valence-corrected chi connectivity index (χ2v) is 9.83. The summed E-state index contributed by atoms with van der Waals surface area (Å²) in [5.41, 5.74) is 1.48. The number of benzene rings is 1. The summed E-state index contributed by atoms with van der Waals surface area (Å²) in [4.78, 5) is 22.2. The number of aromatic nitrogens is 4. The second-order valence-electron chi connectivity index (χ2n) is 9.83. The quantitative estimate of drug-likeness (QED) is 0.498. The maximum atomic E-state index is 14.8. The minimum absolute atomic E-state index is 0.0301. The number of amides is 1. The van der Waals surface area contributed by atoms with E-state index in [0.717, 1.165) is 5.69 Å². The second kappa shape index (κ2) is 10.9. The number of nitriles is 1. The van der Waals surface area contributed by atoms with Gasteiger partial charge in [0.15, 0.2) is 12.0 Å². The summed E-state index contributed by atoms with van der Waals surface area (Å²) in [7, 11) is 0. The molecular weight excluding hydrogens is 477 g/mol. The third kappa shape index (κ3) is 6.21. The van der Waals surface area contributed by atoms with Crippen LogP contribution in [0.5, 0.6) is 5.75 Å². The Morgan fingerprint density at radius 1 is 1.35 bits per heavy atom. The smallest absolute Gasteiger partial charge is 0.224 e. The third-order valence-electron chi connectivity index (χ3n) is 5.99. The van der Waals surface area contributed by atoms with Crippen molar-refractivity contribution >= 4 is 17.4 Å². The Bertz CT molecular complexity index is 1300. The number of piperidine rings is 1. The molecule has 194 valence electrons. The number of carbonyl (C=O) groups excluding carboxylic acids is 1. The molecule has 1 aliphatic heterocycles. The number of carbonyl (C=O) groups is 1. The average Bonchev–Trinajstić information content (AvgIpc) is 3.35. The number of alkyl halides is 1. The number of hydrogen-bond acceptors (Lipinski definition) is 8. The van der Waals surface area contributed by atoms with Crippen LogP contribution in [0.1, 0.15) is 39.2 Å². The Kier molecular flexibility index (Phi) is 7.69. The van der Waals surface area contributed by atoms with Gasteiger partial charge in [0.25, 0.3) is 0 Å². The Labute approximate surface area is 214 Å². The van der Waals surface area contributed by atoms with E-state index in [1.54, 1.807) is 36.7 Å². The molecule has 0 unspecified atom stereocenters. The normalized spacial score (nSPS) is 17.8. The Morgan fingerprint density at radius 2 is 2.16 bits per heavy atom. The van der Waals surface area contributed by atoms with E-state index in [9.17, 15) is 14.4 Å². The van der Waals surface area contributed by atoms with E-state index >= 15 is 0 Å². The van der Waals surface area contributed by atoms with Gasteiger partial charge in [-0.3, -0.25) is 9.48 Å². The van der Waals surface area contributed by atoms with Crippen molar-refractivity contribution in [3.05, 3.63) is 48.4 Å². The van der Waals surface area contributed by atoms with E-state index in [1.807, 2.05) is 10.9 Å². The van der Waals surface area contributed by atoms with Crippen molar-refractivity contribution in [3.8, 4) is 23.2 Å². The molecule has 10 nitrogen and oxygen atoms in total. The van der Waals surface area contributed by atoms with Crippen LogP contribution in [-0.2, 0) is 10.3 Å². The van der Waals surface area contributed by atoms with Crippen LogP contribution in [-0.4, -0.2) is 67.6 Å². The largest absolute Gasteiger partial charge is 0.486 e. The van der Waals surface area contributed by atoms with E-state index in [0.29, 0.717) is 23.8 Å². The summed E-state index contributed by atoms with van der Waals surface area (Å²) < 4.78 is 22.5. The SMILES string of the molecule is CC(C)(C)n1cc(Nc2ccnc(-c3ccc(O[C@H]4CCN(C(=O)CCO)C[C@H]4F)c(C#N)c3)n2)cn1. The lowest BCUT2D eigenvalue weighted by Crippen LogP contribution is -2.49. The molecule has 1 fully saturated rings. The number of anilines is 2. The van der Waals surface area contributed by atoms with Crippen LogP contribution in [0.2, 0.25) is 0 Å². The van der Waals surface area contributed by atoms with E-state index in [4.69, 9.17) is 9.84 Å². The molecule has 2 atom stereocenters. The van der Waals surface area contributed by atoms with Crippen LogP contribution < -0.4 is 10.1 Å². The highest BCUT2D eigenvalue weighted by atomic mass is 19.1. The Morgan fingerprint density at radius 3 is 2.84 bits per heavy atom. The Balaban J connectivity index is 1.46. The zero-order valence-corrected chi connectivity index (χ0v) is 21.1. The molecule has 37 heavy (non-hydrogen) atoms. The monoisotopic (exact) mass is 507 g/mol. The highest BCUT2D eigenvalue weighted by Crippen LogP contribution is 2.29. The van der Waals surface area contributed by atoms with E-state index in [-0.39, 0.29) is 48.8 Å². The maximum absolute atomic E-state index is 14.8. The molecule has 2 aromatic heterocycles. The first kappa shape index (κ1) is 26.0. The molecule has 4 rings (SSSR count). The summed E-state index contributed by atoms with van der Waals surface area (Å²) >= 11 is 0. The minimum Gasteiger partial charge on any atom is -0.486 e. The predicted octanol–water partition coefficient (Wildman–Crippen LogP) is 3.41. The molecule has 3 heterocycles. The fourth-order valence-corrected chi connectivity index (χ4v) is 3.99. The molecule has 0 aliphatic carbocycles. The maximum Gasteiger partial charge on any atom is 0.224 e. The van der Waals surface area contributed by atoms with E-state index < -0.39 is 12.3 Å². The van der Waals surface area contributed by atoms with Crippen molar-refractivity contribution in [1.82, 2.24) is 24.6 Å². The molecule has 11 heteroatoms. The van der Waals surface area contributed by atoms with Gasteiger partial charge in [-0.1, -0.05) is 0 Å². The minimum atomic E-state index is -1.41. The number of halogens is 1. The van der Waals surface area contributed by atoms with Gasteiger partial charge in [0, 0.05) is 37.3 Å². The number of aliphatic hydroxyl groups is 1. The Hall–Kier alpha value is -4.04.